The minimum atomic E-state index is -1.15. The van der Waals surface area contributed by atoms with Crippen LogP contribution >= 0.6 is 15.9 Å². The van der Waals surface area contributed by atoms with E-state index < -0.39 is 18.2 Å². The summed E-state index contributed by atoms with van der Waals surface area (Å²) >= 11 is 3.06. The van der Waals surface area contributed by atoms with Crippen LogP contribution in [0.2, 0.25) is 0 Å². The van der Waals surface area contributed by atoms with E-state index in [9.17, 15) is 15.0 Å². The third-order valence-corrected chi connectivity index (χ3v) is 3.05. The van der Waals surface area contributed by atoms with E-state index in [0.29, 0.717) is 5.56 Å². The largest absolute Gasteiger partial charge is 0.465 e. The fraction of sp³-hybridized carbons (Fsp3) is 0.364. The first-order valence-electron chi connectivity index (χ1n) is 4.91. The second-order valence-electron chi connectivity index (χ2n) is 3.47. The maximum atomic E-state index is 11.4. The molecule has 0 saturated heterocycles. The second-order valence-corrected chi connectivity index (χ2v) is 4.11. The van der Waals surface area contributed by atoms with E-state index in [1.54, 1.807) is 12.1 Å². The predicted molar refractivity (Wildman–Crippen MR) is 67.0 cm³/mol. The van der Waals surface area contributed by atoms with Gasteiger partial charge in [-0.05, 0) is 6.07 Å². The Morgan fingerprint density at radius 1 is 1.53 bits per heavy atom. The molecule has 0 aliphatic rings. The number of halogens is 1. The van der Waals surface area contributed by atoms with Gasteiger partial charge in [0.05, 0.1) is 24.5 Å². The molecule has 0 amide bonds. The maximum absolute atomic E-state index is 11.4. The molecule has 1 aromatic rings. The van der Waals surface area contributed by atoms with Gasteiger partial charge in [0.1, 0.15) is 6.10 Å². The van der Waals surface area contributed by atoms with Crippen molar-refractivity contribution in [1.29, 1.82) is 0 Å². The van der Waals surface area contributed by atoms with Crippen LogP contribution in [0.25, 0.3) is 0 Å². The predicted octanol–water partition coefficient (Wildman–Crippen LogP) is 0.845. The molecule has 94 valence electrons. The third-order valence-electron chi connectivity index (χ3n) is 2.39. The summed E-state index contributed by atoms with van der Waals surface area (Å²) in [5.74, 6) is -0.579. The molecule has 0 fully saturated rings. The summed E-state index contributed by atoms with van der Waals surface area (Å²) in [6, 6.07) is 4.62. The molecule has 1 aromatic carbocycles. The number of esters is 1. The Morgan fingerprint density at radius 3 is 2.71 bits per heavy atom. The lowest BCUT2D eigenvalue weighted by Crippen LogP contribution is -2.21. The molecule has 0 spiro atoms. The second kappa shape index (κ2) is 6.00. The first-order chi connectivity index (χ1) is 8.02. The third kappa shape index (κ3) is 2.96. The Labute approximate surface area is 107 Å². The summed E-state index contributed by atoms with van der Waals surface area (Å²) < 4.78 is 4.57. The van der Waals surface area contributed by atoms with Crippen molar-refractivity contribution in [2.75, 3.05) is 18.2 Å². The number of carbonyl (C=O) groups is 1. The average molecular weight is 304 g/mol. The van der Waals surface area contributed by atoms with Gasteiger partial charge in [-0.1, -0.05) is 28.1 Å². The number of ether oxygens (including phenoxy) is 1. The molecule has 2 atom stereocenters. The number of aliphatic hydroxyl groups is 2. The number of para-hydroxylation sites is 1. The monoisotopic (exact) mass is 303 g/mol. The Kier molecular flexibility index (Phi) is 4.92. The highest BCUT2D eigenvalue weighted by Gasteiger charge is 2.22. The molecule has 0 aliphatic carbocycles. The molecule has 0 aromatic heterocycles. The molecule has 0 aliphatic heterocycles. The molecular formula is C11H14BrNO4. The van der Waals surface area contributed by atoms with Crippen LogP contribution in [0.1, 0.15) is 22.0 Å². The van der Waals surface area contributed by atoms with Gasteiger partial charge in [0.25, 0.3) is 0 Å². The van der Waals surface area contributed by atoms with Crippen molar-refractivity contribution in [2.45, 2.75) is 12.2 Å². The van der Waals surface area contributed by atoms with Gasteiger partial charge in [0.2, 0.25) is 0 Å². The van der Waals surface area contributed by atoms with Crippen molar-refractivity contribution in [3.63, 3.8) is 0 Å². The van der Waals surface area contributed by atoms with Crippen molar-refractivity contribution in [3.8, 4) is 0 Å². The fourth-order valence-electron chi connectivity index (χ4n) is 1.42. The topological polar surface area (TPSA) is 92.8 Å². The Morgan fingerprint density at radius 2 is 2.18 bits per heavy atom. The van der Waals surface area contributed by atoms with Crippen molar-refractivity contribution < 1.29 is 19.7 Å². The molecule has 0 saturated carbocycles. The molecule has 1 rings (SSSR count). The Hall–Kier alpha value is -1.11. The van der Waals surface area contributed by atoms with Gasteiger partial charge in [-0.25, -0.2) is 4.79 Å². The van der Waals surface area contributed by atoms with Gasteiger partial charge in [-0.15, -0.1) is 0 Å². The zero-order chi connectivity index (χ0) is 13.0. The summed E-state index contributed by atoms with van der Waals surface area (Å²) in [6.45, 7) is 0. The first-order valence-corrected chi connectivity index (χ1v) is 6.03. The Balaban J connectivity index is 3.14. The van der Waals surface area contributed by atoms with Crippen LogP contribution < -0.4 is 5.73 Å². The van der Waals surface area contributed by atoms with E-state index in [0.717, 1.165) is 0 Å². The molecule has 0 heterocycles. The minimum Gasteiger partial charge on any atom is -0.465 e. The number of nitrogen functional groups attached to an aromatic ring is 1. The summed E-state index contributed by atoms with van der Waals surface area (Å²) in [4.78, 5) is 11.4. The molecule has 4 N–H and O–H groups in total. The number of methoxy groups -OCH3 is 1. The maximum Gasteiger partial charge on any atom is 0.339 e. The molecular weight excluding hydrogens is 290 g/mol. The van der Waals surface area contributed by atoms with Gasteiger partial charge in [0.15, 0.2) is 0 Å². The van der Waals surface area contributed by atoms with Gasteiger partial charge in [-0.2, -0.15) is 0 Å². The quantitative estimate of drug-likeness (QED) is 0.435. The summed E-state index contributed by atoms with van der Waals surface area (Å²) in [6.07, 6.45) is -2.15. The lowest BCUT2D eigenvalue weighted by molar-refractivity contribution is 0.0346. The van der Waals surface area contributed by atoms with E-state index in [1.807, 2.05) is 0 Å². The molecule has 0 radical (unpaired) electrons. The van der Waals surface area contributed by atoms with Crippen LogP contribution in [0.15, 0.2) is 18.2 Å². The minimum absolute atomic E-state index is 0.117. The summed E-state index contributed by atoms with van der Waals surface area (Å²) in [5.41, 5.74) is 6.36. The lowest BCUT2D eigenvalue weighted by atomic mass is 10.00. The average Bonchev–Trinajstić information content (AvgIpc) is 2.36. The molecule has 17 heavy (non-hydrogen) atoms. The smallest absolute Gasteiger partial charge is 0.339 e. The van der Waals surface area contributed by atoms with Crippen LogP contribution in [-0.2, 0) is 4.74 Å². The highest BCUT2D eigenvalue weighted by Crippen LogP contribution is 2.27. The zero-order valence-corrected chi connectivity index (χ0v) is 10.8. The number of benzene rings is 1. The van der Waals surface area contributed by atoms with Crippen molar-refractivity contribution >= 4 is 27.6 Å². The summed E-state index contributed by atoms with van der Waals surface area (Å²) in [5, 5.41) is 19.6. The van der Waals surface area contributed by atoms with E-state index in [1.165, 1.54) is 13.2 Å². The highest BCUT2D eigenvalue weighted by molar-refractivity contribution is 9.09. The van der Waals surface area contributed by atoms with Crippen LogP contribution in [-0.4, -0.2) is 34.7 Å². The summed E-state index contributed by atoms with van der Waals surface area (Å²) in [7, 11) is 1.25. The molecule has 6 heteroatoms. The number of carbonyl (C=O) groups excluding carboxylic acids is 1. The number of hydrogen-bond acceptors (Lipinski definition) is 5. The van der Waals surface area contributed by atoms with Gasteiger partial charge >= 0.3 is 5.97 Å². The fourth-order valence-corrected chi connectivity index (χ4v) is 1.77. The lowest BCUT2D eigenvalue weighted by Gasteiger charge is -2.18. The first kappa shape index (κ1) is 14.0. The number of rotatable bonds is 4. The van der Waals surface area contributed by atoms with Gasteiger partial charge in [-0.3, -0.25) is 0 Å². The standard InChI is InChI=1S/C11H14BrNO4/c1-17-11(16)7-4-2-3-6(9(7)13)10(15)8(14)5-12/h2-4,8,10,14-15H,5,13H2,1H3. The number of anilines is 1. The van der Waals surface area contributed by atoms with Crippen molar-refractivity contribution in [3.05, 3.63) is 29.3 Å². The van der Waals surface area contributed by atoms with Crippen LogP contribution in [0.3, 0.4) is 0 Å². The molecule has 5 nitrogen and oxygen atoms in total. The van der Waals surface area contributed by atoms with Crippen molar-refractivity contribution in [1.82, 2.24) is 0 Å². The number of alkyl halides is 1. The van der Waals surface area contributed by atoms with Gasteiger partial charge in [0, 0.05) is 10.9 Å². The van der Waals surface area contributed by atoms with Crippen molar-refractivity contribution in [2.24, 2.45) is 0 Å². The Bertz CT molecular complexity index is 410. The number of aliphatic hydroxyl groups excluding tert-OH is 2. The molecule has 2 unspecified atom stereocenters. The number of hydrogen-bond donors (Lipinski definition) is 3. The van der Waals surface area contributed by atoms with E-state index >= 15 is 0 Å². The van der Waals surface area contributed by atoms with Crippen LogP contribution in [0.4, 0.5) is 5.69 Å². The van der Waals surface area contributed by atoms with Crippen LogP contribution in [0.5, 0.6) is 0 Å². The van der Waals surface area contributed by atoms with E-state index in [4.69, 9.17) is 5.73 Å². The van der Waals surface area contributed by atoms with E-state index in [-0.39, 0.29) is 16.6 Å². The SMILES string of the molecule is COC(=O)c1cccc(C(O)C(O)CBr)c1N. The van der Waals surface area contributed by atoms with Gasteiger partial charge < -0.3 is 20.7 Å². The zero-order valence-electron chi connectivity index (χ0n) is 9.26. The molecule has 0 bridgehead atoms. The van der Waals surface area contributed by atoms with Crippen LogP contribution in [0, 0.1) is 0 Å². The highest BCUT2D eigenvalue weighted by atomic mass is 79.9. The number of nitrogens with two attached hydrogens (primary N) is 1. The normalized spacial score (nSPS) is 14.1. The van der Waals surface area contributed by atoms with E-state index in [2.05, 4.69) is 20.7 Å².